The maximum absolute atomic E-state index is 4.32. The summed E-state index contributed by atoms with van der Waals surface area (Å²) in [5.41, 5.74) is 1.12. The van der Waals surface area contributed by atoms with Gasteiger partial charge in [0.15, 0.2) is 0 Å². The first-order chi connectivity index (χ1) is 7.40. The third-order valence-corrected chi connectivity index (χ3v) is 3.87. The Labute approximate surface area is 95.6 Å². The van der Waals surface area contributed by atoms with Crippen LogP contribution >= 0.6 is 11.7 Å². The third kappa shape index (κ3) is 2.98. The van der Waals surface area contributed by atoms with Gasteiger partial charge < -0.3 is 5.32 Å². The van der Waals surface area contributed by atoms with Gasteiger partial charge in [-0.1, -0.05) is 32.1 Å². The fourth-order valence-electron chi connectivity index (χ4n) is 2.47. The van der Waals surface area contributed by atoms with E-state index in [1.165, 1.54) is 50.3 Å². The van der Waals surface area contributed by atoms with Gasteiger partial charge in [-0.25, -0.2) is 0 Å². The van der Waals surface area contributed by atoms with Gasteiger partial charge in [0.05, 0.1) is 29.7 Å². The Morgan fingerprint density at radius 2 is 2.27 bits per heavy atom. The number of nitrogens with zero attached hydrogens (tertiary/aromatic N) is 2. The number of nitrogens with one attached hydrogen (secondary N) is 1. The van der Waals surface area contributed by atoms with Crippen LogP contribution in [0.15, 0.2) is 6.20 Å². The van der Waals surface area contributed by atoms with E-state index in [1.807, 2.05) is 13.2 Å². The van der Waals surface area contributed by atoms with Crippen molar-refractivity contribution < 1.29 is 0 Å². The van der Waals surface area contributed by atoms with E-state index >= 15 is 0 Å². The predicted molar refractivity (Wildman–Crippen MR) is 62.9 cm³/mol. The average Bonchev–Trinajstić information content (AvgIpc) is 2.81. The first-order valence-electron chi connectivity index (χ1n) is 5.85. The van der Waals surface area contributed by atoms with Crippen molar-refractivity contribution in [2.45, 2.75) is 44.6 Å². The lowest BCUT2D eigenvalue weighted by atomic mass is 9.84. The van der Waals surface area contributed by atoms with Crippen LogP contribution in [0.5, 0.6) is 0 Å². The lowest BCUT2D eigenvalue weighted by molar-refractivity contribution is 0.304. The summed E-state index contributed by atoms with van der Waals surface area (Å²) in [6, 6.07) is 0.409. The second-order valence-electron chi connectivity index (χ2n) is 4.41. The van der Waals surface area contributed by atoms with E-state index in [-0.39, 0.29) is 0 Å². The van der Waals surface area contributed by atoms with Crippen molar-refractivity contribution in [1.82, 2.24) is 14.1 Å². The Morgan fingerprint density at radius 1 is 1.47 bits per heavy atom. The van der Waals surface area contributed by atoms with Gasteiger partial charge in [0.25, 0.3) is 0 Å². The van der Waals surface area contributed by atoms with Crippen LogP contribution in [-0.2, 0) is 0 Å². The molecule has 3 nitrogen and oxygen atoms in total. The highest BCUT2D eigenvalue weighted by Crippen LogP contribution is 2.31. The summed E-state index contributed by atoms with van der Waals surface area (Å²) in [5.74, 6) is 0.887. The molecular formula is C11H19N3S. The molecule has 4 heteroatoms. The molecule has 0 spiro atoms. The highest BCUT2D eigenvalue weighted by molar-refractivity contribution is 6.99. The summed E-state index contributed by atoms with van der Waals surface area (Å²) in [5, 5.41) is 3.36. The molecule has 1 aromatic heterocycles. The SMILES string of the molecule is CNC(CC1CCCCC1)c1cnsn1. The van der Waals surface area contributed by atoms with E-state index in [4.69, 9.17) is 0 Å². The average molecular weight is 225 g/mol. The van der Waals surface area contributed by atoms with Crippen LogP contribution in [-0.4, -0.2) is 15.8 Å². The molecule has 1 aliphatic carbocycles. The van der Waals surface area contributed by atoms with Crippen molar-refractivity contribution in [2.75, 3.05) is 7.05 Å². The van der Waals surface area contributed by atoms with Crippen LogP contribution in [0.1, 0.15) is 50.3 Å². The largest absolute Gasteiger partial charge is 0.312 e. The Morgan fingerprint density at radius 3 is 2.87 bits per heavy atom. The first kappa shape index (κ1) is 11.0. The highest BCUT2D eigenvalue weighted by Gasteiger charge is 2.20. The van der Waals surface area contributed by atoms with Crippen LogP contribution in [0.3, 0.4) is 0 Å². The standard InChI is InChI=1S/C11H19N3S/c1-12-10(11-8-13-15-14-11)7-9-5-3-2-4-6-9/h8-10,12H,2-7H2,1H3. The highest BCUT2D eigenvalue weighted by atomic mass is 32.1. The van der Waals surface area contributed by atoms with E-state index in [1.54, 1.807) is 0 Å². The second kappa shape index (κ2) is 5.56. The summed E-state index contributed by atoms with van der Waals surface area (Å²) in [6.45, 7) is 0. The molecule has 1 fully saturated rings. The van der Waals surface area contributed by atoms with Gasteiger partial charge in [-0.3, -0.25) is 0 Å². The zero-order valence-corrected chi connectivity index (χ0v) is 10.1. The van der Waals surface area contributed by atoms with E-state index in [0.29, 0.717) is 6.04 Å². The number of hydrogen-bond donors (Lipinski definition) is 1. The van der Waals surface area contributed by atoms with Gasteiger partial charge in [0.2, 0.25) is 0 Å². The molecule has 1 saturated carbocycles. The topological polar surface area (TPSA) is 37.8 Å². The Bertz CT molecular complexity index is 267. The van der Waals surface area contributed by atoms with Gasteiger partial charge in [-0.15, -0.1) is 0 Å². The molecule has 1 aliphatic rings. The summed E-state index contributed by atoms with van der Waals surface area (Å²) >= 11 is 1.31. The molecule has 0 radical (unpaired) electrons. The minimum absolute atomic E-state index is 0.409. The zero-order chi connectivity index (χ0) is 10.5. The normalized spacial score (nSPS) is 20.3. The van der Waals surface area contributed by atoms with E-state index in [2.05, 4.69) is 14.1 Å². The Hall–Kier alpha value is -0.480. The number of aromatic nitrogens is 2. The molecule has 0 saturated heterocycles. The smallest absolute Gasteiger partial charge is 0.0912 e. The van der Waals surface area contributed by atoms with E-state index in [0.717, 1.165) is 11.6 Å². The summed E-state index contributed by atoms with van der Waals surface area (Å²) in [7, 11) is 2.02. The third-order valence-electron chi connectivity index (χ3n) is 3.38. The van der Waals surface area contributed by atoms with Crippen molar-refractivity contribution in [3.63, 3.8) is 0 Å². The lowest BCUT2D eigenvalue weighted by Crippen LogP contribution is -2.21. The molecular weight excluding hydrogens is 206 g/mol. The van der Waals surface area contributed by atoms with E-state index < -0.39 is 0 Å². The monoisotopic (exact) mass is 225 g/mol. The fourth-order valence-corrected chi connectivity index (χ4v) is 2.94. The molecule has 0 aliphatic heterocycles. The second-order valence-corrected chi connectivity index (χ2v) is 4.97. The predicted octanol–water partition coefficient (Wildman–Crippen LogP) is 2.77. The summed E-state index contributed by atoms with van der Waals surface area (Å²) < 4.78 is 8.40. The molecule has 0 amide bonds. The zero-order valence-electron chi connectivity index (χ0n) is 9.28. The van der Waals surface area contributed by atoms with Crippen LogP contribution in [0.4, 0.5) is 0 Å². The van der Waals surface area contributed by atoms with Crippen molar-refractivity contribution in [3.05, 3.63) is 11.9 Å². The van der Waals surface area contributed by atoms with Gasteiger partial charge >= 0.3 is 0 Å². The minimum atomic E-state index is 0.409. The molecule has 1 heterocycles. The van der Waals surface area contributed by atoms with Gasteiger partial charge in [0, 0.05) is 0 Å². The summed E-state index contributed by atoms with van der Waals surface area (Å²) in [6.07, 6.45) is 10.2. The molecule has 15 heavy (non-hydrogen) atoms. The van der Waals surface area contributed by atoms with Crippen molar-refractivity contribution in [2.24, 2.45) is 5.92 Å². The van der Waals surface area contributed by atoms with Gasteiger partial charge in [-0.2, -0.15) is 8.75 Å². The van der Waals surface area contributed by atoms with Crippen LogP contribution in [0, 0.1) is 5.92 Å². The quantitative estimate of drug-likeness (QED) is 0.856. The van der Waals surface area contributed by atoms with E-state index in [9.17, 15) is 0 Å². The molecule has 1 atom stereocenters. The van der Waals surface area contributed by atoms with Gasteiger partial charge in [-0.05, 0) is 19.4 Å². The molecule has 1 aromatic rings. The van der Waals surface area contributed by atoms with Crippen molar-refractivity contribution in [3.8, 4) is 0 Å². The maximum atomic E-state index is 4.32. The number of rotatable bonds is 4. The maximum Gasteiger partial charge on any atom is 0.0912 e. The van der Waals surface area contributed by atoms with Crippen LogP contribution < -0.4 is 5.32 Å². The van der Waals surface area contributed by atoms with Crippen molar-refractivity contribution >= 4 is 11.7 Å². The molecule has 84 valence electrons. The minimum Gasteiger partial charge on any atom is -0.312 e. The van der Waals surface area contributed by atoms with Gasteiger partial charge in [0.1, 0.15) is 0 Å². The molecule has 1 N–H and O–H groups in total. The van der Waals surface area contributed by atoms with Crippen LogP contribution in [0.2, 0.25) is 0 Å². The lowest BCUT2D eigenvalue weighted by Gasteiger charge is -2.25. The molecule has 2 rings (SSSR count). The molecule has 0 bridgehead atoms. The van der Waals surface area contributed by atoms with Crippen LogP contribution in [0.25, 0.3) is 0 Å². The Kier molecular flexibility index (Phi) is 4.09. The molecule has 1 unspecified atom stereocenters. The Balaban J connectivity index is 1.90. The molecule has 0 aromatic carbocycles. The van der Waals surface area contributed by atoms with Crippen molar-refractivity contribution in [1.29, 1.82) is 0 Å². The fraction of sp³-hybridized carbons (Fsp3) is 0.818. The number of hydrogen-bond acceptors (Lipinski definition) is 4. The summed E-state index contributed by atoms with van der Waals surface area (Å²) in [4.78, 5) is 0. The first-order valence-corrected chi connectivity index (χ1v) is 6.58.